The normalized spacial score (nSPS) is 11.9. The molecule has 1 atom stereocenters. The van der Waals surface area contributed by atoms with Crippen molar-refractivity contribution in [2.45, 2.75) is 51.1 Å². The zero-order valence-corrected chi connectivity index (χ0v) is 27.1. The fraction of sp³-hybridized carbons (Fsp3) is 0.333. The number of nitrogens with zero attached hydrogens (tertiary/aromatic N) is 3. The van der Waals surface area contributed by atoms with E-state index in [-0.39, 0.29) is 28.6 Å². The third kappa shape index (κ3) is 8.19. The number of nitro groups is 1. The third-order valence-electron chi connectivity index (χ3n) is 6.95. The first kappa shape index (κ1) is 34.6. The highest BCUT2D eigenvalue weighted by atomic mass is 35.5. The zero-order chi connectivity index (χ0) is 32.6. The van der Waals surface area contributed by atoms with Gasteiger partial charge in [-0.1, -0.05) is 60.8 Å². The summed E-state index contributed by atoms with van der Waals surface area (Å²) in [6, 6.07) is 13.5. The molecule has 0 saturated carbocycles. The van der Waals surface area contributed by atoms with E-state index in [0.717, 1.165) is 23.2 Å². The van der Waals surface area contributed by atoms with Crippen molar-refractivity contribution < 1.29 is 27.7 Å². The van der Waals surface area contributed by atoms with Crippen molar-refractivity contribution in [3.63, 3.8) is 0 Å². The standard InChI is InChI=1S/C30H34Cl2N4O7S/c1-5-6-15-33-30(38)21(3)34(18-22-9-7-8-10-25(22)32)29(37)19-35(27-16-23(31)12-14-28(27)43-4)44(41,42)24-13-11-20(2)26(17-24)36(39)40/h7-14,16-17,21H,5-6,15,18-19H2,1-4H3,(H,33,38)/t21-/m1/s1. The van der Waals surface area contributed by atoms with Crippen LogP contribution in [-0.2, 0) is 26.2 Å². The summed E-state index contributed by atoms with van der Waals surface area (Å²) >= 11 is 12.6. The minimum Gasteiger partial charge on any atom is -0.495 e. The van der Waals surface area contributed by atoms with Crippen LogP contribution in [0.5, 0.6) is 5.75 Å². The molecule has 0 heterocycles. The summed E-state index contributed by atoms with van der Waals surface area (Å²) in [7, 11) is -3.31. The van der Waals surface area contributed by atoms with Crippen LogP contribution < -0.4 is 14.4 Å². The molecule has 0 spiro atoms. The molecule has 0 bridgehead atoms. The van der Waals surface area contributed by atoms with Gasteiger partial charge in [-0.05, 0) is 56.2 Å². The lowest BCUT2D eigenvalue weighted by atomic mass is 10.1. The average molecular weight is 666 g/mol. The number of aryl methyl sites for hydroxylation is 1. The highest BCUT2D eigenvalue weighted by Gasteiger charge is 2.35. The Morgan fingerprint density at radius 3 is 2.43 bits per heavy atom. The first-order chi connectivity index (χ1) is 20.8. The Labute approximate surface area is 266 Å². The summed E-state index contributed by atoms with van der Waals surface area (Å²) in [5, 5.41) is 15.0. The minimum atomic E-state index is -4.63. The number of methoxy groups -OCH3 is 1. The van der Waals surface area contributed by atoms with E-state index in [1.54, 1.807) is 24.3 Å². The predicted molar refractivity (Wildman–Crippen MR) is 170 cm³/mol. The van der Waals surface area contributed by atoms with E-state index < -0.39 is 49.9 Å². The number of unbranched alkanes of at least 4 members (excludes halogenated alkanes) is 1. The Balaban J connectivity index is 2.14. The molecule has 0 saturated heterocycles. The number of ether oxygens (including phenoxy) is 1. The zero-order valence-electron chi connectivity index (χ0n) is 24.7. The van der Waals surface area contributed by atoms with Gasteiger partial charge in [0.15, 0.2) is 0 Å². The molecule has 0 aliphatic heterocycles. The monoisotopic (exact) mass is 664 g/mol. The van der Waals surface area contributed by atoms with Crippen LogP contribution >= 0.6 is 23.2 Å². The smallest absolute Gasteiger partial charge is 0.273 e. The first-order valence-corrected chi connectivity index (χ1v) is 15.9. The number of carbonyl (C=O) groups is 2. The average Bonchev–Trinajstić information content (AvgIpc) is 2.98. The highest BCUT2D eigenvalue weighted by molar-refractivity contribution is 7.92. The molecule has 3 rings (SSSR count). The summed E-state index contributed by atoms with van der Waals surface area (Å²) in [5.41, 5.74) is 0.313. The number of hydrogen-bond acceptors (Lipinski definition) is 7. The van der Waals surface area contributed by atoms with Gasteiger partial charge < -0.3 is 15.0 Å². The predicted octanol–water partition coefficient (Wildman–Crippen LogP) is 5.75. The van der Waals surface area contributed by atoms with Gasteiger partial charge in [0.2, 0.25) is 11.8 Å². The van der Waals surface area contributed by atoms with E-state index in [9.17, 15) is 28.1 Å². The molecule has 1 N–H and O–H groups in total. The maximum absolute atomic E-state index is 14.2. The quantitative estimate of drug-likeness (QED) is 0.132. The third-order valence-corrected chi connectivity index (χ3v) is 9.31. The van der Waals surface area contributed by atoms with Crippen LogP contribution in [0.3, 0.4) is 0 Å². The summed E-state index contributed by atoms with van der Waals surface area (Å²) in [6.45, 7) is 4.51. The second-order valence-corrected chi connectivity index (χ2v) is 12.7. The van der Waals surface area contributed by atoms with Crippen molar-refractivity contribution in [3.8, 4) is 5.75 Å². The number of sulfonamides is 1. The number of carbonyl (C=O) groups excluding carboxylic acids is 2. The Kier molecular flexibility index (Phi) is 12.0. The second-order valence-electron chi connectivity index (χ2n) is 9.97. The van der Waals surface area contributed by atoms with Crippen LogP contribution in [0.1, 0.15) is 37.8 Å². The number of benzene rings is 3. The molecule has 236 valence electrons. The molecule has 44 heavy (non-hydrogen) atoms. The molecule has 0 fully saturated rings. The minimum absolute atomic E-state index is 0.0747. The molecule has 0 unspecified atom stereocenters. The van der Waals surface area contributed by atoms with Crippen LogP contribution in [0, 0.1) is 17.0 Å². The van der Waals surface area contributed by atoms with E-state index in [0.29, 0.717) is 17.1 Å². The molecule has 11 nitrogen and oxygen atoms in total. The highest BCUT2D eigenvalue weighted by Crippen LogP contribution is 2.36. The van der Waals surface area contributed by atoms with Crippen molar-refractivity contribution >= 4 is 56.4 Å². The lowest BCUT2D eigenvalue weighted by molar-refractivity contribution is -0.385. The van der Waals surface area contributed by atoms with Crippen molar-refractivity contribution in [1.29, 1.82) is 0 Å². The SMILES string of the molecule is CCCCNC(=O)[C@@H](C)N(Cc1ccccc1Cl)C(=O)CN(c1cc(Cl)ccc1OC)S(=O)(=O)c1ccc(C)c([N+](=O)[O-])c1. The molecule has 3 aromatic carbocycles. The first-order valence-electron chi connectivity index (χ1n) is 13.7. The second kappa shape index (κ2) is 15.2. The van der Waals surface area contributed by atoms with Gasteiger partial charge in [0.25, 0.3) is 15.7 Å². The van der Waals surface area contributed by atoms with Gasteiger partial charge in [-0.2, -0.15) is 0 Å². The Hall–Kier alpha value is -3.87. The largest absolute Gasteiger partial charge is 0.495 e. The summed E-state index contributed by atoms with van der Waals surface area (Å²) in [6.07, 6.45) is 1.59. The van der Waals surface area contributed by atoms with Crippen LogP contribution in [-0.4, -0.2) is 56.3 Å². The molecular weight excluding hydrogens is 631 g/mol. The van der Waals surface area contributed by atoms with Crippen LogP contribution in [0.4, 0.5) is 11.4 Å². The Bertz CT molecular complexity index is 1640. The molecule has 0 aliphatic rings. The van der Waals surface area contributed by atoms with Crippen LogP contribution in [0.25, 0.3) is 0 Å². The lowest BCUT2D eigenvalue weighted by Gasteiger charge is -2.32. The van der Waals surface area contributed by atoms with E-state index in [1.165, 1.54) is 56.2 Å². The number of anilines is 1. The van der Waals surface area contributed by atoms with Crippen molar-refractivity contribution in [3.05, 3.63) is 92.0 Å². The molecule has 0 radical (unpaired) electrons. The summed E-state index contributed by atoms with van der Waals surface area (Å²) in [4.78, 5) is 39.0. The molecule has 14 heteroatoms. The van der Waals surface area contributed by atoms with Crippen molar-refractivity contribution in [1.82, 2.24) is 10.2 Å². The fourth-order valence-electron chi connectivity index (χ4n) is 4.37. The molecular formula is C30H34Cl2N4O7S. The Morgan fingerprint density at radius 2 is 1.80 bits per heavy atom. The van der Waals surface area contributed by atoms with E-state index in [1.807, 2.05) is 6.92 Å². The number of nitrogens with one attached hydrogen (secondary N) is 1. The number of nitro benzene ring substituents is 1. The van der Waals surface area contributed by atoms with E-state index in [2.05, 4.69) is 5.32 Å². The van der Waals surface area contributed by atoms with Crippen molar-refractivity contribution in [2.24, 2.45) is 0 Å². The van der Waals surface area contributed by atoms with Gasteiger partial charge in [0, 0.05) is 34.8 Å². The number of hydrogen-bond donors (Lipinski definition) is 1. The summed E-state index contributed by atoms with van der Waals surface area (Å²) < 4.78 is 34.5. The van der Waals surface area contributed by atoms with Gasteiger partial charge >= 0.3 is 0 Å². The molecule has 0 aromatic heterocycles. The van der Waals surface area contributed by atoms with Gasteiger partial charge in [0.1, 0.15) is 18.3 Å². The fourth-order valence-corrected chi connectivity index (χ4v) is 6.17. The molecule has 3 aromatic rings. The summed E-state index contributed by atoms with van der Waals surface area (Å²) in [5.74, 6) is -1.09. The topological polar surface area (TPSA) is 139 Å². The van der Waals surface area contributed by atoms with Gasteiger partial charge in [-0.3, -0.25) is 24.0 Å². The Morgan fingerprint density at radius 1 is 1.09 bits per heavy atom. The lowest BCUT2D eigenvalue weighted by Crippen LogP contribution is -2.51. The van der Waals surface area contributed by atoms with Gasteiger partial charge in [-0.25, -0.2) is 8.42 Å². The van der Waals surface area contributed by atoms with Gasteiger partial charge in [-0.15, -0.1) is 0 Å². The van der Waals surface area contributed by atoms with Crippen LogP contribution in [0.15, 0.2) is 65.6 Å². The van der Waals surface area contributed by atoms with Crippen LogP contribution in [0.2, 0.25) is 10.0 Å². The maximum atomic E-state index is 14.2. The van der Waals surface area contributed by atoms with Crippen molar-refractivity contribution in [2.75, 3.05) is 24.5 Å². The molecule has 0 aliphatic carbocycles. The number of amides is 2. The van der Waals surface area contributed by atoms with E-state index in [4.69, 9.17) is 27.9 Å². The number of halogens is 2. The number of rotatable bonds is 14. The molecule has 2 amide bonds. The van der Waals surface area contributed by atoms with Gasteiger partial charge in [0.05, 0.1) is 22.6 Å². The maximum Gasteiger partial charge on any atom is 0.273 e. The van der Waals surface area contributed by atoms with E-state index >= 15 is 0 Å².